The van der Waals surface area contributed by atoms with Gasteiger partial charge in [-0.15, -0.1) is 0 Å². The Morgan fingerprint density at radius 3 is 1.15 bits per heavy atom. The van der Waals surface area contributed by atoms with E-state index in [-0.39, 0.29) is 11.8 Å². The standard InChI is InChI=1S/C25H46O/c1-9-21(23-17(5)11-15(3)12-18(23)6)25(26)22(10-2)24-19(7)13-16(4)14-20(24)8/h15-24H,9-14H2,1-8H3. The van der Waals surface area contributed by atoms with Crippen molar-refractivity contribution in [2.75, 3.05) is 0 Å². The van der Waals surface area contributed by atoms with Crippen LogP contribution in [-0.2, 0) is 4.79 Å². The summed E-state index contributed by atoms with van der Waals surface area (Å²) in [4.78, 5) is 13.8. The lowest BCUT2D eigenvalue weighted by Crippen LogP contribution is -2.44. The number of carbonyl (C=O) groups is 1. The number of Topliss-reactive ketones (excluding diaryl/α,β-unsaturated/α-hetero) is 1. The molecule has 0 aliphatic heterocycles. The van der Waals surface area contributed by atoms with Crippen LogP contribution >= 0.6 is 0 Å². The molecule has 6 atom stereocenters. The van der Waals surface area contributed by atoms with E-state index in [4.69, 9.17) is 0 Å². The molecule has 26 heavy (non-hydrogen) atoms. The Morgan fingerprint density at radius 1 is 0.654 bits per heavy atom. The van der Waals surface area contributed by atoms with Gasteiger partial charge in [0.2, 0.25) is 0 Å². The Hall–Kier alpha value is -0.330. The van der Waals surface area contributed by atoms with Gasteiger partial charge < -0.3 is 0 Å². The lowest BCUT2D eigenvalue weighted by Gasteiger charge is -2.46. The second-order valence-electron chi connectivity index (χ2n) is 10.6. The van der Waals surface area contributed by atoms with E-state index in [2.05, 4.69) is 55.4 Å². The molecule has 2 aliphatic rings. The van der Waals surface area contributed by atoms with Gasteiger partial charge in [0, 0.05) is 11.8 Å². The Labute approximate surface area is 164 Å². The Morgan fingerprint density at radius 2 is 0.923 bits per heavy atom. The van der Waals surface area contributed by atoms with Crippen LogP contribution in [0.3, 0.4) is 0 Å². The zero-order chi connectivity index (χ0) is 19.6. The molecule has 0 bridgehead atoms. The van der Waals surface area contributed by atoms with E-state index in [0.29, 0.717) is 41.3 Å². The van der Waals surface area contributed by atoms with E-state index < -0.39 is 0 Å². The van der Waals surface area contributed by atoms with Gasteiger partial charge in [-0.3, -0.25) is 4.79 Å². The zero-order valence-corrected chi connectivity index (χ0v) is 18.9. The molecule has 0 saturated heterocycles. The van der Waals surface area contributed by atoms with Crippen molar-refractivity contribution in [3.8, 4) is 0 Å². The second-order valence-corrected chi connectivity index (χ2v) is 10.6. The van der Waals surface area contributed by atoms with E-state index in [1.807, 2.05) is 0 Å². The van der Waals surface area contributed by atoms with Crippen molar-refractivity contribution in [1.82, 2.24) is 0 Å². The van der Waals surface area contributed by atoms with Crippen LogP contribution in [0.25, 0.3) is 0 Å². The summed E-state index contributed by atoms with van der Waals surface area (Å²) >= 11 is 0. The minimum absolute atomic E-state index is 0.288. The van der Waals surface area contributed by atoms with Crippen LogP contribution < -0.4 is 0 Å². The van der Waals surface area contributed by atoms with Gasteiger partial charge in [-0.2, -0.15) is 0 Å². The lowest BCUT2D eigenvalue weighted by molar-refractivity contribution is -0.135. The summed E-state index contributed by atoms with van der Waals surface area (Å²) in [6.45, 7) is 19.0. The summed E-state index contributed by atoms with van der Waals surface area (Å²) < 4.78 is 0. The zero-order valence-electron chi connectivity index (χ0n) is 18.9. The summed E-state index contributed by atoms with van der Waals surface area (Å²) in [5.74, 6) is 6.84. The van der Waals surface area contributed by atoms with Crippen molar-refractivity contribution < 1.29 is 4.79 Å². The van der Waals surface area contributed by atoms with Crippen LogP contribution in [0.5, 0.6) is 0 Å². The largest absolute Gasteiger partial charge is 0.299 e. The summed E-state index contributed by atoms with van der Waals surface area (Å²) in [5, 5.41) is 0. The highest BCUT2D eigenvalue weighted by Gasteiger charge is 2.44. The first kappa shape index (κ1) is 22.0. The molecule has 2 saturated carbocycles. The molecule has 0 aromatic heterocycles. The fourth-order valence-corrected chi connectivity index (χ4v) is 7.67. The van der Waals surface area contributed by atoms with Crippen molar-refractivity contribution in [3.63, 3.8) is 0 Å². The van der Waals surface area contributed by atoms with E-state index in [1.54, 1.807) is 0 Å². The molecular weight excluding hydrogens is 316 g/mol. The number of carbonyl (C=O) groups excluding carboxylic acids is 1. The topological polar surface area (TPSA) is 17.1 Å². The summed E-state index contributed by atoms with van der Waals surface area (Å²) in [5.41, 5.74) is 0. The molecule has 152 valence electrons. The van der Waals surface area contributed by atoms with Crippen LogP contribution in [0.4, 0.5) is 0 Å². The molecule has 1 heteroatoms. The SMILES string of the molecule is CCC(C(=O)C(CC)C1C(C)CC(C)CC1C)C1C(C)CC(C)CC1C. The first-order valence-corrected chi connectivity index (χ1v) is 11.7. The van der Waals surface area contributed by atoms with Gasteiger partial charge in [0.1, 0.15) is 5.78 Å². The summed E-state index contributed by atoms with van der Waals surface area (Å²) in [7, 11) is 0. The van der Waals surface area contributed by atoms with E-state index in [0.717, 1.165) is 24.7 Å². The summed E-state index contributed by atoms with van der Waals surface area (Å²) in [6, 6.07) is 0. The van der Waals surface area contributed by atoms with Crippen molar-refractivity contribution in [3.05, 3.63) is 0 Å². The van der Waals surface area contributed by atoms with Crippen LogP contribution in [0, 0.1) is 59.2 Å². The van der Waals surface area contributed by atoms with Gasteiger partial charge in [-0.25, -0.2) is 0 Å². The molecule has 0 amide bonds. The van der Waals surface area contributed by atoms with Gasteiger partial charge in [0.05, 0.1) is 0 Å². The van der Waals surface area contributed by atoms with Crippen LogP contribution in [0.2, 0.25) is 0 Å². The highest BCUT2D eigenvalue weighted by molar-refractivity contribution is 5.84. The molecule has 2 rings (SSSR count). The van der Waals surface area contributed by atoms with Gasteiger partial charge in [0.25, 0.3) is 0 Å². The first-order valence-electron chi connectivity index (χ1n) is 11.7. The molecule has 0 spiro atoms. The predicted octanol–water partition coefficient (Wildman–Crippen LogP) is 7.24. The Balaban J connectivity index is 2.22. The number of hydrogen-bond acceptors (Lipinski definition) is 1. The quantitative estimate of drug-likeness (QED) is 0.486. The monoisotopic (exact) mass is 362 g/mol. The highest BCUT2D eigenvalue weighted by atomic mass is 16.1. The third-order valence-corrected chi connectivity index (χ3v) is 8.26. The van der Waals surface area contributed by atoms with E-state index in [1.165, 1.54) is 25.7 Å². The molecule has 0 heterocycles. The van der Waals surface area contributed by atoms with Crippen molar-refractivity contribution in [2.45, 2.75) is 93.9 Å². The van der Waals surface area contributed by atoms with Gasteiger partial charge in [-0.05, 0) is 85.9 Å². The number of rotatable bonds is 6. The second kappa shape index (κ2) is 9.24. The molecule has 2 aliphatic carbocycles. The van der Waals surface area contributed by atoms with Crippen molar-refractivity contribution in [1.29, 1.82) is 0 Å². The third-order valence-electron chi connectivity index (χ3n) is 8.26. The smallest absolute Gasteiger partial charge is 0.139 e. The summed E-state index contributed by atoms with van der Waals surface area (Å²) in [6.07, 6.45) is 7.31. The maximum Gasteiger partial charge on any atom is 0.139 e. The van der Waals surface area contributed by atoms with Gasteiger partial charge in [0.15, 0.2) is 0 Å². The Kier molecular flexibility index (Phi) is 7.81. The van der Waals surface area contributed by atoms with Gasteiger partial charge in [-0.1, -0.05) is 55.4 Å². The highest BCUT2D eigenvalue weighted by Crippen LogP contribution is 2.47. The molecule has 0 N–H and O–H groups in total. The normalized spacial score (nSPS) is 43.7. The first-order chi connectivity index (χ1) is 12.2. The Bertz CT molecular complexity index is 391. The lowest BCUT2D eigenvalue weighted by atomic mass is 9.58. The molecule has 1 nitrogen and oxygen atoms in total. The fourth-order valence-electron chi connectivity index (χ4n) is 7.67. The third kappa shape index (κ3) is 4.56. The van der Waals surface area contributed by atoms with Crippen LogP contribution in [-0.4, -0.2) is 5.78 Å². The average Bonchev–Trinajstić information content (AvgIpc) is 2.53. The van der Waals surface area contributed by atoms with Crippen molar-refractivity contribution in [2.24, 2.45) is 59.2 Å². The van der Waals surface area contributed by atoms with Gasteiger partial charge >= 0.3 is 0 Å². The predicted molar refractivity (Wildman–Crippen MR) is 113 cm³/mol. The minimum atomic E-state index is 0.288. The molecule has 2 fully saturated rings. The van der Waals surface area contributed by atoms with E-state index in [9.17, 15) is 4.79 Å². The average molecular weight is 363 g/mol. The van der Waals surface area contributed by atoms with Crippen molar-refractivity contribution >= 4 is 5.78 Å². The molecule has 0 aromatic carbocycles. The number of hydrogen-bond donors (Lipinski definition) is 0. The minimum Gasteiger partial charge on any atom is -0.299 e. The molecule has 0 aromatic rings. The molecule has 0 radical (unpaired) electrons. The van der Waals surface area contributed by atoms with Crippen LogP contribution in [0.15, 0.2) is 0 Å². The maximum absolute atomic E-state index is 13.8. The van der Waals surface area contributed by atoms with E-state index >= 15 is 0 Å². The molecule has 6 unspecified atom stereocenters. The fraction of sp³-hybridized carbons (Fsp3) is 0.960. The maximum atomic E-state index is 13.8. The van der Waals surface area contributed by atoms with Crippen LogP contribution in [0.1, 0.15) is 93.9 Å². The number of ketones is 1. The molecular formula is C25H46O.